The largest absolute Gasteiger partial charge is 0.494 e. The number of para-hydroxylation sites is 1. The number of ether oxygens (including phenoxy) is 1. The first kappa shape index (κ1) is 21.8. The van der Waals surface area contributed by atoms with Crippen molar-refractivity contribution >= 4 is 15.8 Å². The highest BCUT2D eigenvalue weighted by atomic mass is 32.2. The zero-order valence-corrected chi connectivity index (χ0v) is 17.3. The van der Waals surface area contributed by atoms with E-state index in [1.807, 2.05) is 49.4 Å². The molecular formula is C21H29N3O3S. The summed E-state index contributed by atoms with van der Waals surface area (Å²) in [6.45, 7) is 4.82. The third kappa shape index (κ3) is 8.00. The molecule has 0 aliphatic carbocycles. The topological polar surface area (TPSA) is 79.8 Å². The van der Waals surface area contributed by atoms with Crippen LogP contribution in [-0.4, -0.2) is 46.9 Å². The molecule has 0 radical (unpaired) electrons. The van der Waals surface area contributed by atoms with Gasteiger partial charge in [-0.25, -0.2) is 8.42 Å². The Morgan fingerprint density at radius 1 is 1.04 bits per heavy atom. The highest BCUT2D eigenvalue weighted by molar-refractivity contribution is 7.90. The van der Waals surface area contributed by atoms with Gasteiger partial charge in [0.05, 0.1) is 11.5 Å². The molecule has 0 spiro atoms. The minimum atomic E-state index is -3.15. The molecule has 0 aromatic heterocycles. The minimum Gasteiger partial charge on any atom is -0.494 e. The van der Waals surface area contributed by atoms with E-state index in [-0.39, 0.29) is 0 Å². The standard InChI is InChI=1S/C21H29N3O3S/c1-3-22-21(23-15-7-17-27-19-8-5-4-6-9-19)24-16-14-18-10-12-20(13-11-18)28(2,25)26/h4-6,8-13H,3,7,14-17H2,1-2H3,(H2,22,23,24). The predicted molar refractivity (Wildman–Crippen MR) is 114 cm³/mol. The summed E-state index contributed by atoms with van der Waals surface area (Å²) < 4.78 is 28.7. The van der Waals surface area contributed by atoms with Crippen molar-refractivity contribution in [3.63, 3.8) is 0 Å². The van der Waals surface area contributed by atoms with E-state index in [0.29, 0.717) is 24.6 Å². The van der Waals surface area contributed by atoms with Crippen molar-refractivity contribution in [2.45, 2.75) is 24.7 Å². The lowest BCUT2D eigenvalue weighted by Gasteiger charge is -2.11. The lowest BCUT2D eigenvalue weighted by Crippen LogP contribution is -2.38. The molecule has 0 saturated heterocycles. The third-order valence-corrected chi connectivity index (χ3v) is 5.11. The van der Waals surface area contributed by atoms with Crippen LogP contribution in [0.4, 0.5) is 0 Å². The number of aliphatic imine (C=N–C) groups is 1. The fourth-order valence-electron chi connectivity index (χ4n) is 2.53. The van der Waals surface area contributed by atoms with Crippen LogP contribution >= 0.6 is 0 Å². The van der Waals surface area contributed by atoms with Gasteiger partial charge in [-0.1, -0.05) is 30.3 Å². The first-order valence-corrected chi connectivity index (χ1v) is 11.4. The zero-order valence-electron chi connectivity index (χ0n) is 16.5. The Bertz CT molecular complexity index is 835. The predicted octanol–water partition coefficient (Wildman–Crippen LogP) is 2.66. The molecule has 2 aromatic carbocycles. The number of guanidine groups is 1. The quantitative estimate of drug-likeness (QED) is 0.362. The van der Waals surface area contributed by atoms with Crippen molar-refractivity contribution in [2.24, 2.45) is 4.99 Å². The number of benzene rings is 2. The molecular weight excluding hydrogens is 374 g/mol. The van der Waals surface area contributed by atoms with Crippen molar-refractivity contribution in [3.8, 4) is 5.75 Å². The van der Waals surface area contributed by atoms with Crippen molar-refractivity contribution in [1.29, 1.82) is 0 Å². The van der Waals surface area contributed by atoms with Crippen LogP contribution in [0.15, 0.2) is 64.5 Å². The SMILES string of the molecule is CCNC(=NCCCOc1ccccc1)NCCc1ccc(S(C)(=O)=O)cc1. The number of nitrogens with zero attached hydrogens (tertiary/aromatic N) is 1. The van der Waals surface area contributed by atoms with Gasteiger partial charge in [-0.05, 0) is 43.2 Å². The van der Waals surface area contributed by atoms with E-state index in [9.17, 15) is 8.42 Å². The number of sulfone groups is 1. The van der Waals surface area contributed by atoms with Gasteiger partial charge in [-0.3, -0.25) is 4.99 Å². The Labute approximate surface area is 168 Å². The second-order valence-electron chi connectivity index (χ2n) is 6.37. The summed E-state index contributed by atoms with van der Waals surface area (Å²) in [4.78, 5) is 4.90. The summed E-state index contributed by atoms with van der Waals surface area (Å²) in [6.07, 6.45) is 2.83. The van der Waals surface area contributed by atoms with Crippen molar-refractivity contribution in [3.05, 3.63) is 60.2 Å². The Morgan fingerprint density at radius 3 is 2.39 bits per heavy atom. The van der Waals surface area contributed by atoms with Crippen LogP contribution in [0.1, 0.15) is 18.9 Å². The number of nitrogens with one attached hydrogen (secondary N) is 2. The monoisotopic (exact) mass is 403 g/mol. The molecule has 0 amide bonds. The second-order valence-corrected chi connectivity index (χ2v) is 8.38. The van der Waals surface area contributed by atoms with Gasteiger partial charge < -0.3 is 15.4 Å². The number of hydrogen-bond acceptors (Lipinski definition) is 4. The third-order valence-electron chi connectivity index (χ3n) is 3.99. The van der Waals surface area contributed by atoms with Gasteiger partial charge in [0.15, 0.2) is 15.8 Å². The molecule has 0 aliphatic rings. The molecule has 0 atom stereocenters. The van der Waals surface area contributed by atoms with E-state index < -0.39 is 9.84 Å². The van der Waals surface area contributed by atoms with Crippen LogP contribution < -0.4 is 15.4 Å². The lowest BCUT2D eigenvalue weighted by atomic mass is 10.1. The molecule has 0 saturated carbocycles. The van der Waals surface area contributed by atoms with E-state index in [4.69, 9.17) is 4.74 Å². The van der Waals surface area contributed by atoms with Crippen LogP contribution in [0.2, 0.25) is 0 Å². The average molecular weight is 404 g/mol. The van der Waals surface area contributed by atoms with Crippen LogP contribution in [0, 0.1) is 0 Å². The molecule has 2 rings (SSSR count). The lowest BCUT2D eigenvalue weighted by molar-refractivity contribution is 0.313. The fourth-order valence-corrected chi connectivity index (χ4v) is 3.16. The first-order chi connectivity index (χ1) is 13.5. The maximum Gasteiger partial charge on any atom is 0.191 e. The van der Waals surface area contributed by atoms with Gasteiger partial charge >= 0.3 is 0 Å². The molecule has 0 bridgehead atoms. The van der Waals surface area contributed by atoms with E-state index >= 15 is 0 Å². The van der Waals surface area contributed by atoms with Gasteiger partial charge in [-0.15, -0.1) is 0 Å². The summed E-state index contributed by atoms with van der Waals surface area (Å²) in [5.41, 5.74) is 1.08. The Kier molecular flexibility index (Phi) is 8.81. The normalized spacial score (nSPS) is 11.9. The number of hydrogen-bond donors (Lipinski definition) is 2. The van der Waals surface area contributed by atoms with Crippen molar-refractivity contribution < 1.29 is 13.2 Å². The Hall–Kier alpha value is -2.54. The summed E-state index contributed by atoms with van der Waals surface area (Å²) >= 11 is 0. The summed E-state index contributed by atoms with van der Waals surface area (Å²) in [5.74, 6) is 1.65. The fraction of sp³-hybridized carbons (Fsp3) is 0.381. The van der Waals surface area contributed by atoms with Gasteiger partial charge in [-0.2, -0.15) is 0 Å². The molecule has 2 aromatic rings. The first-order valence-electron chi connectivity index (χ1n) is 9.48. The molecule has 7 heteroatoms. The molecule has 2 N–H and O–H groups in total. The molecule has 6 nitrogen and oxygen atoms in total. The second kappa shape index (κ2) is 11.3. The van der Waals surface area contributed by atoms with E-state index in [2.05, 4.69) is 15.6 Å². The number of rotatable bonds is 10. The molecule has 0 heterocycles. The van der Waals surface area contributed by atoms with Crippen LogP contribution in [0.25, 0.3) is 0 Å². The van der Waals surface area contributed by atoms with Crippen LogP contribution in [0.5, 0.6) is 5.75 Å². The van der Waals surface area contributed by atoms with Crippen LogP contribution in [-0.2, 0) is 16.3 Å². The smallest absolute Gasteiger partial charge is 0.191 e. The maximum atomic E-state index is 11.5. The molecule has 0 fully saturated rings. The van der Waals surface area contributed by atoms with Gasteiger partial charge in [0, 0.05) is 32.3 Å². The highest BCUT2D eigenvalue weighted by Gasteiger charge is 2.06. The van der Waals surface area contributed by atoms with E-state index in [0.717, 1.165) is 36.7 Å². The summed E-state index contributed by atoms with van der Waals surface area (Å²) in [6, 6.07) is 16.8. The van der Waals surface area contributed by atoms with Crippen molar-refractivity contribution in [2.75, 3.05) is 32.5 Å². The van der Waals surface area contributed by atoms with Gasteiger partial charge in [0.1, 0.15) is 5.75 Å². The Balaban J connectivity index is 1.73. The molecule has 152 valence electrons. The van der Waals surface area contributed by atoms with Gasteiger partial charge in [0.2, 0.25) is 0 Å². The molecule has 0 aliphatic heterocycles. The zero-order chi connectivity index (χ0) is 20.2. The van der Waals surface area contributed by atoms with Crippen LogP contribution in [0.3, 0.4) is 0 Å². The average Bonchev–Trinajstić information content (AvgIpc) is 2.68. The van der Waals surface area contributed by atoms with Gasteiger partial charge in [0.25, 0.3) is 0 Å². The van der Waals surface area contributed by atoms with Crippen molar-refractivity contribution in [1.82, 2.24) is 10.6 Å². The Morgan fingerprint density at radius 2 is 1.75 bits per heavy atom. The molecule has 0 unspecified atom stereocenters. The van der Waals surface area contributed by atoms with E-state index in [1.54, 1.807) is 12.1 Å². The molecule has 28 heavy (non-hydrogen) atoms. The maximum absolute atomic E-state index is 11.5. The summed E-state index contributed by atoms with van der Waals surface area (Å²) in [5, 5.41) is 6.53. The highest BCUT2D eigenvalue weighted by Crippen LogP contribution is 2.10. The minimum absolute atomic E-state index is 0.344. The van der Waals surface area contributed by atoms with E-state index in [1.165, 1.54) is 6.26 Å². The summed E-state index contributed by atoms with van der Waals surface area (Å²) in [7, 11) is -3.15.